The average molecular weight is 238 g/mol. The van der Waals surface area contributed by atoms with E-state index in [1.165, 1.54) is 0 Å². The largest absolute Gasteiger partial charge is 0.298 e. The molecule has 0 saturated heterocycles. The summed E-state index contributed by atoms with van der Waals surface area (Å²) in [5.41, 5.74) is 3.67. The normalized spacial score (nSPS) is 10.3. The quantitative estimate of drug-likeness (QED) is 0.764. The van der Waals surface area contributed by atoms with Gasteiger partial charge in [0, 0.05) is 17.0 Å². The molecule has 0 spiro atoms. The minimum atomic E-state index is 0.242. The smallest absolute Gasteiger partial charge is 0.150 e. The molecule has 0 bridgehead atoms. The zero-order valence-electron chi connectivity index (χ0n) is 10.2. The molecule has 0 saturated carbocycles. The van der Waals surface area contributed by atoms with Crippen molar-refractivity contribution >= 4 is 12.6 Å². The Bertz CT molecular complexity index is 487. The molecule has 0 fully saturated rings. The summed E-state index contributed by atoms with van der Waals surface area (Å²) in [5.74, 6) is 0.242. The van der Waals surface area contributed by atoms with Gasteiger partial charge in [0.1, 0.15) is 12.6 Å². The molecule has 2 rings (SSSR count). The molecule has 0 heterocycles. The Hall–Kier alpha value is -2.22. The summed E-state index contributed by atoms with van der Waals surface area (Å²) in [6.07, 6.45) is 1.68. The maximum absolute atomic E-state index is 10.6. The van der Waals surface area contributed by atoms with E-state index in [-0.39, 0.29) is 5.92 Å². The van der Waals surface area contributed by atoms with Gasteiger partial charge in [-0.1, -0.05) is 55.5 Å². The lowest BCUT2D eigenvalue weighted by Crippen LogP contribution is -1.96. The second-order valence-electron chi connectivity index (χ2n) is 4.29. The zero-order valence-corrected chi connectivity index (χ0v) is 10.2. The first-order valence-electron chi connectivity index (χ1n) is 5.85. The van der Waals surface area contributed by atoms with E-state index in [0.717, 1.165) is 23.7 Å². The van der Waals surface area contributed by atoms with E-state index < -0.39 is 0 Å². The van der Waals surface area contributed by atoms with Crippen molar-refractivity contribution in [3.05, 3.63) is 70.8 Å². The second-order valence-corrected chi connectivity index (χ2v) is 4.29. The topological polar surface area (TPSA) is 34.1 Å². The highest BCUT2D eigenvalue weighted by molar-refractivity contribution is 5.75. The van der Waals surface area contributed by atoms with Gasteiger partial charge < -0.3 is 0 Å². The third-order valence-corrected chi connectivity index (χ3v) is 3.15. The van der Waals surface area contributed by atoms with Crippen molar-refractivity contribution in [2.24, 2.45) is 0 Å². The van der Waals surface area contributed by atoms with Crippen molar-refractivity contribution in [1.29, 1.82) is 0 Å². The number of aldehydes is 2. The predicted molar refractivity (Wildman–Crippen MR) is 71.2 cm³/mol. The molecule has 0 N–H and O–H groups in total. The maximum Gasteiger partial charge on any atom is 0.150 e. The molecule has 0 aliphatic carbocycles. The number of carbonyl (C=O) groups is 2. The average Bonchev–Trinajstić information content (AvgIpc) is 2.47. The monoisotopic (exact) mass is 238 g/mol. The molecule has 0 aliphatic rings. The number of rotatable bonds is 4. The molecule has 90 valence electrons. The highest BCUT2D eigenvalue weighted by Gasteiger charge is 2.08. The van der Waals surface area contributed by atoms with E-state index in [1.807, 2.05) is 48.5 Å². The Morgan fingerprint density at radius 1 is 0.722 bits per heavy atom. The SMILES string of the molecule is CC(c1ccc(C=O)cc1)c1ccc(C=O)cc1. The minimum absolute atomic E-state index is 0.242. The van der Waals surface area contributed by atoms with E-state index >= 15 is 0 Å². The molecule has 0 atom stereocenters. The Balaban J connectivity index is 2.25. The van der Waals surface area contributed by atoms with Crippen molar-refractivity contribution < 1.29 is 9.59 Å². The highest BCUT2D eigenvalue weighted by atomic mass is 16.1. The first-order valence-corrected chi connectivity index (χ1v) is 5.85. The van der Waals surface area contributed by atoms with E-state index in [2.05, 4.69) is 6.92 Å². The molecule has 2 aromatic carbocycles. The van der Waals surface area contributed by atoms with Gasteiger partial charge in [0.15, 0.2) is 0 Å². The Morgan fingerprint density at radius 2 is 1.06 bits per heavy atom. The van der Waals surface area contributed by atoms with Crippen molar-refractivity contribution in [2.75, 3.05) is 0 Å². The predicted octanol–water partition coefficient (Wildman–Crippen LogP) is 3.46. The summed E-state index contributed by atoms with van der Waals surface area (Å²) in [5, 5.41) is 0. The third kappa shape index (κ3) is 2.54. The Labute approximate surface area is 106 Å². The van der Waals surface area contributed by atoms with Crippen LogP contribution in [0.1, 0.15) is 44.7 Å². The van der Waals surface area contributed by atoms with Crippen LogP contribution in [-0.2, 0) is 0 Å². The van der Waals surface area contributed by atoms with Crippen molar-refractivity contribution in [3.8, 4) is 0 Å². The van der Waals surface area contributed by atoms with E-state index in [0.29, 0.717) is 11.1 Å². The lowest BCUT2D eigenvalue weighted by molar-refractivity contribution is 0.111. The van der Waals surface area contributed by atoms with Crippen LogP contribution in [0.3, 0.4) is 0 Å². The summed E-state index contributed by atoms with van der Waals surface area (Å²) >= 11 is 0. The third-order valence-electron chi connectivity index (χ3n) is 3.15. The standard InChI is InChI=1S/C16H14O2/c1-12(15-6-2-13(10-17)3-7-15)16-8-4-14(11-18)5-9-16/h2-12H,1H3. The molecule has 0 amide bonds. The van der Waals surface area contributed by atoms with Gasteiger partial charge >= 0.3 is 0 Å². The zero-order chi connectivity index (χ0) is 13.0. The van der Waals surface area contributed by atoms with Gasteiger partial charge in [-0.25, -0.2) is 0 Å². The van der Waals surface area contributed by atoms with Gasteiger partial charge in [-0.15, -0.1) is 0 Å². The van der Waals surface area contributed by atoms with Crippen molar-refractivity contribution in [2.45, 2.75) is 12.8 Å². The molecule has 0 aromatic heterocycles. The fourth-order valence-electron chi connectivity index (χ4n) is 1.92. The number of benzene rings is 2. The summed E-state index contributed by atoms with van der Waals surface area (Å²) in [4.78, 5) is 21.2. The van der Waals surface area contributed by atoms with Crippen LogP contribution in [-0.4, -0.2) is 12.6 Å². The van der Waals surface area contributed by atoms with Crippen LogP contribution in [0, 0.1) is 0 Å². The summed E-state index contributed by atoms with van der Waals surface area (Å²) < 4.78 is 0. The van der Waals surface area contributed by atoms with Crippen LogP contribution in [0.2, 0.25) is 0 Å². The Morgan fingerprint density at radius 3 is 1.33 bits per heavy atom. The van der Waals surface area contributed by atoms with Gasteiger partial charge in [-0.05, 0) is 11.1 Å². The molecular weight excluding hydrogens is 224 g/mol. The number of carbonyl (C=O) groups excluding carboxylic acids is 2. The lowest BCUT2D eigenvalue weighted by Gasteiger charge is -2.12. The van der Waals surface area contributed by atoms with Crippen LogP contribution in [0.5, 0.6) is 0 Å². The minimum Gasteiger partial charge on any atom is -0.298 e. The van der Waals surface area contributed by atoms with Gasteiger partial charge in [0.05, 0.1) is 0 Å². The van der Waals surface area contributed by atoms with Crippen LogP contribution in [0.15, 0.2) is 48.5 Å². The molecule has 2 nitrogen and oxygen atoms in total. The molecule has 0 unspecified atom stereocenters. The van der Waals surface area contributed by atoms with E-state index in [4.69, 9.17) is 0 Å². The van der Waals surface area contributed by atoms with Gasteiger partial charge in [-0.2, -0.15) is 0 Å². The van der Waals surface area contributed by atoms with E-state index in [1.54, 1.807) is 0 Å². The van der Waals surface area contributed by atoms with Crippen LogP contribution >= 0.6 is 0 Å². The first kappa shape index (κ1) is 12.2. The van der Waals surface area contributed by atoms with Crippen molar-refractivity contribution in [1.82, 2.24) is 0 Å². The summed E-state index contributed by atoms with van der Waals surface area (Å²) in [6, 6.07) is 15.1. The highest BCUT2D eigenvalue weighted by Crippen LogP contribution is 2.24. The van der Waals surface area contributed by atoms with Gasteiger partial charge in [-0.3, -0.25) is 9.59 Å². The molecule has 18 heavy (non-hydrogen) atoms. The lowest BCUT2D eigenvalue weighted by atomic mass is 9.92. The molecule has 2 heteroatoms. The fourth-order valence-corrected chi connectivity index (χ4v) is 1.92. The summed E-state index contributed by atoms with van der Waals surface area (Å²) in [6.45, 7) is 2.10. The molecule has 0 aliphatic heterocycles. The second kappa shape index (κ2) is 5.41. The van der Waals surface area contributed by atoms with Crippen LogP contribution in [0.25, 0.3) is 0 Å². The number of hydrogen-bond donors (Lipinski definition) is 0. The van der Waals surface area contributed by atoms with Crippen LogP contribution in [0.4, 0.5) is 0 Å². The summed E-state index contributed by atoms with van der Waals surface area (Å²) in [7, 11) is 0. The molecule has 0 radical (unpaired) electrons. The van der Waals surface area contributed by atoms with Gasteiger partial charge in [0.2, 0.25) is 0 Å². The molecular formula is C16H14O2. The van der Waals surface area contributed by atoms with Gasteiger partial charge in [0.25, 0.3) is 0 Å². The fraction of sp³-hybridized carbons (Fsp3) is 0.125. The number of hydrogen-bond acceptors (Lipinski definition) is 2. The maximum atomic E-state index is 10.6. The van der Waals surface area contributed by atoms with Crippen LogP contribution < -0.4 is 0 Å². The first-order chi connectivity index (χ1) is 8.74. The Kier molecular flexibility index (Phi) is 3.68. The van der Waals surface area contributed by atoms with Crippen molar-refractivity contribution in [3.63, 3.8) is 0 Å². The van der Waals surface area contributed by atoms with E-state index in [9.17, 15) is 9.59 Å². The molecule has 2 aromatic rings.